The van der Waals surface area contributed by atoms with Crippen LogP contribution in [0.25, 0.3) is 0 Å². The number of hydrogen-bond donors (Lipinski definition) is 1. The molecule has 0 radical (unpaired) electrons. The standard InChI is InChI=1S/C21H22Cl2F3N3O2/c22-17-2-1-3-18(23)20(17)27-19(30)8-9-28-10-12-29(13-11-28)14-15-4-6-16(7-5-15)31-21(24,25)26/h1-7H,8-14H2,(H,27,30). The van der Waals surface area contributed by atoms with Gasteiger partial charge in [0.1, 0.15) is 5.75 Å². The van der Waals surface area contributed by atoms with Crippen LogP contribution < -0.4 is 10.1 Å². The minimum absolute atomic E-state index is 0.154. The first-order valence-electron chi connectivity index (χ1n) is 9.73. The molecule has 5 nitrogen and oxygen atoms in total. The highest BCUT2D eigenvalue weighted by Gasteiger charge is 2.31. The van der Waals surface area contributed by atoms with Crippen LogP contribution in [0.15, 0.2) is 42.5 Å². The zero-order chi connectivity index (χ0) is 22.4. The number of carbonyl (C=O) groups excluding carboxylic acids is 1. The van der Waals surface area contributed by atoms with E-state index in [9.17, 15) is 18.0 Å². The van der Waals surface area contributed by atoms with Crippen molar-refractivity contribution in [3.05, 3.63) is 58.1 Å². The molecule has 10 heteroatoms. The summed E-state index contributed by atoms with van der Waals surface area (Å²) >= 11 is 12.1. The van der Waals surface area contributed by atoms with E-state index in [1.807, 2.05) is 0 Å². The van der Waals surface area contributed by atoms with E-state index in [0.29, 0.717) is 35.2 Å². The minimum atomic E-state index is -4.69. The van der Waals surface area contributed by atoms with Crippen molar-refractivity contribution < 1.29 is 22.7 Å². The summed E-state index contributed by atoms with van der Waals surface area (Å²) in [6.45, 7) is 4.47. The fourth-order valence-corrected chi connectivity index (χ4v) is 3.80. The van der Waals surface area contributed by atoms with Crippen molar-refractivity contribution in [1.29, 1.82) is 0 Å². The molecule has 1 fully saturated rings. The van der Waals surface area contributed by atoms with Crippen molar-refractivity contribution in [2.75, 3.05) is 38.0 Å². The van der Waals surface area contributed by atoms with E-state index >= 15 is 0 Å². The highest BCUT2D eigenvalue weighted by molar-refractivity contribution is 6.39. The zero-order valence-electron chi connectivity index (χ0n) is 16.6. The number of ether oxygens (including phenoxy) is 1. The van der Waals surface area contributed by atoms with Crippen molar-refractivity contribution in [2.45, 2.75) is 19.3 Å². The van der Waals surface area contributed by atoms with Crippen LogP contribution in [0.1, 0.15) is 12.0 Å². The molecule has 0 aromatic heterocycles. The molecule has 0 saturated carbocycles. The molecule has 1 heterocycles. The van der Waals surface area contributed by atoms with Gasteiger partial charge in [-0.05, 0) is 29.8 Å². The van der Waals surface area contributed by atoms with Crippen molar-refractivity contribution in [2.24, 2.45) is 0 Å². The maximum atomic E-state index is 12.2. The number of rotatable bonds is 7. The summed E-state index contributed by atoms with van der Waals surface area (Å²) in [6.07, 6.45) is -4.36. The van der Waals surface area contributed by atoms with Gasteiger partial charge in [-0.3, -0.25) is 9.69 Å². The van der Waals surface area contributed by atoms with Crippen LogP contribution >= 0.6 is 23.2 Å². The Labute approximate surface area is 188 Å². The number of nitrogens with zero attached hydrogens (tertiary/aromatic N) is 2. The molecule has 31 heavy (non-hydrogen) atoms. The number of halogens is 5. The van der Waals surface area contributed by atoms with Gasteiger partial charge in [0.05, 0.1) is 15.7 Å². The number of nitrogens with one attached hydrogen (secondary N) is 1. The lowest BCUT2D eigenvalue weighted by Gasteiger charge is -2.34. The molecule has 0 bridgehead atoms. The highest BCUT2D eigenvalue weighted by Crippen LogP contribution is 2.30. The topological polar surface area (TPSA) is 44.8 Å². The average molecular weight is 476 g/mol. The number of amides is 1. The van der Waals surface area contributed by atoms with Crippen LogP contribution in [0.2, 0.25) is 10.0 Å². The summed E-state index contributed by atoms with van der Waals surface area (Å²) in [6, 6.07) is 11.0. The van der Waals surface area contributed by atoms with Gasteiger partial charge in [-0.1, -0.05) is 41.4 Å². The maximum absolute atomic E-state index is 12.2. The smallest absolute Gasteiger partial charge is 0.406 e. The fourth-order valence-electron chi connectivity index (χ4n) is 3.30. The highest BCUT2D eigenvalue weighted by atomic mass is 35.5. The van der Waals surface area contributed by atoms with E-state index in [0.717, 1.165) is 31.7 Å². The Bertz CT molecular complexity index is 866. The maximum Gasteiger partial charge on any atom is 0.573 e. The number of carbonyl (C=O) groups is 1. The third-order valence-corrected chi connectivity index (χ3v) is 5.54. The van der Waals surface area contributed by atoms with Crippen LogP contribution in [-0.4, -0.2) is 54.8 Å². The van der Waals surface area contributed by atoms with Crippen LogP contribution in [0.5, 0.6) is 5.75 Å². The molecule has 1 amide bonds. The Hall–Kier alpha value is -2.00. The molecule has 0 unspecified atom stereocenters. The zero-order valence-corrected chi connectivity index (χ0v) is 18.1. The predicted octanol–water partition coefficient (Wildman–Crippen LogP) is 5.04. The fraction of sp³-hybridized carbons (Fsp3) is 0.381. The number of hydrogen-bond acceptors (Lipinski definition) is 4. The van der Waals surface area contributed by atoms with Crippen molar-refractivity contribution >= 4 is 34.8 Å². The number of benzene rings is 2. The molecule has 0 aliphatic carbocycles. The summed E-state index contributed by atoms with van der Waals surface area (Å²) in [5, 5.41) is 3.55. The molecule has 1 aliphatic heterocycles. The first-order valence-corrected chi connectivity index (χ1v) is 10.5. The van der Waals surface area contributed by atoms with E-state index in [2.05, 4.69) is 19.9 Å². The normalized spacial score (nSPS) is 15.6. The Morgan fingerprint density at radius 2 is 1.55 bits per heavy atom. The van der Waals surface area contributed by atoms with Gasteiger partial charge in [0, 0.05) is 45.7 Å². The van der Waals surface area contributed by atoms with E-state index in [4.69, 9.17) is 23.2 Å². The van der Waals surface area contributed by atoms with Gasteiger partial charge in [0.2, 0.25) is 5.91 Å². The number of piperazine rings is 1. The minimum Gasteiger partial charge on any atom is -0.406 e. The molecular weight excluding hydrogens is 454 g/mol. The molecule has 2 aromatic carbocycles. The SMILES string of the molecule is O=C(CCN1CCN(Cc2ccc(OC(F)(F)F)cc2)CC1)Nc1c(Cl)cccc1Cl. The molecule has 1 N–H and O–H groups in total. The largest absolute Gasteiger partial charge is 0.573 e. The number of para-hydroxylation sites is 1. The summed E-state index contributed by atoms with van der Waals surface area (Å²) in [7, 11) is 0. The molecule has 168 valence electrons. The first kappa shape index (κ1) is 23.7. The Kier molecular flexibility index (Phi) is 8.05. The predicted molar refractivity (Wildman–Crippen MR) is 115 cm³/mol. The van der Waals surface area contributed by atoms with Gasteiger partial charge in [-0.25, -0.2) is 0 Å². The molecule has 0 atom stereocenters. The number of alkyl halides is 3. The Morgan fingerprint density at radius 3 is 2.13 bits per heavy atom. The summed E-state index contributed by atoms with van der Waals surface area (Å²) in [5.74, 6) is -0.379. The van der Waals surface area contributed by atoms with E-state index in [1.54, 1.807) is 30.3 Å². The summed E-state index contributed by atoms with van der Waals surface area (Å²) < 4.78 is 40.6. The lowest BCUT2D eigenvalue weighted by Crippen LogP contribution is -2.46. The van der Waals surface area contributed by atoms with Gasteiger partial charge in [0.15, 0.2) is 0 Å². The van der Waals surface area contributed by atoms with Gasteiger partial charge in [-0.2, -0.15) is 0 Å². The van der Waals surface area contributed by atoms with Gasteiger partial charge in [-0.15, -0.1) is 13.2 Å². The van der Waals surface area contributed by atoms with Gasteiger partial charge >= 0.3 is 6.36 Å². The molecule has 3 rings (SSSR count). The molecule has 1 aliphatic rings. The van der Waals surface area contributed by atoms with Crippen LogP contribution in [0.4, 0.5) is 18.9 Å². The quantitative estimate of drug-likeness (QED) is 0.609. The molecule has 1 saturated heterocycles. The lowest BCUT2D eigenvalue weighted by molar-refractivity contribution is -0.274. The monoisotopic (exact) mass is 475 g/mol. The summed E-state index contributed by atoms with van der Waals surface area (Å²) in [5.41, 5.74) is 1.34. The molecule has 2 aromatic rings. The van der Waals surface area contributed by atoms with Crippen molar-refractivity contribution in [3.8, 4) is 5.75 Å². The van der Waals surface area contributed by atoms with Gasteiger partial charge < -0.3 is 15.0 Å². The second-order valence-electron chi connectivity index (χ2n) is 7.20. The van der Waals surface area contributed by atoms with Crippen molar-refractivity contribution in [3.63, 3.8) is 0 Å². The van der Waals surface area contributed by atoms with E-state index in [-0.39, 0.29) is 11.7 Å². The average Bonchev–Trinajstić information content (AvgIpc) is 2.71. The molecular formula is C21H22Cl2F3N3O2. The Morgan fingerprint density at radius 1 is 0.968 bits per heavy atom. The van der Waals surface area contributed by atoms with E-state index < -0.39 is 6.36 Å². The molecule has 0 spiro atoms. The number of anilines is 1. The first-order chi connectivity index (χ1) is 14.7. The van der Waals surface area contributed by atoms with Crippen LogP contribution in [0.3, 0.4) is 0 Å². The second kappa shape index (κ2) is 10.5. The third kappa shape index (κ3) is 7.57. The van der Waals surface area contributed by atoms with Crippen LogP contribution in [-0.2, 0) is 11.3 Å². The lowest BCUT2D eigenvalue weighted by atomic mass is 10.2. The Balaban J connectivity index is 1.39. The van der Waals surface area contributed by atoms with Crippen molar-refractivity contribution in [1.82, 2.24) is 9.80 Å². The third-order valence-electron chi connectivity index (χ3n) is 4.91. The van der Waals surface area contributed by atoms with E-state index in [1.165, 1.54) is 12.1 Å². The summed E-state index contributed by atoms with van der Waals surface area (Å²) in [4.78, 5) is 16.7. The second-order valence-corrected chi connectivity index (χ2v) is 8.02. The van der Waals surface area contributed by atoms with Crippen LogP contribution in [0, 0.1) is 0 Å². The van der Waals surface area contributed by atoms with Gasteiger partial charge in [0.25, 0.3) is 0 Å².